The van der Waals surface area contributed by atoms with E-state index in [4.69, 9.17) is 14.2 Å². The molecule has 36 heavy (non-hydrogen) atoms. The maximum Gasteiger partial charge on any atom is 0.323 e. The molecule has 4 atom stereocenters. The zero-order chi connectivity index (χ0) is 25.1. The third kappa shape index (κ3) is 5.27. The van der Waals surface area contributed by atoms with Gasteiger partial charge in [-0.3, -0.25) is 4.79 Å². The standard InChI is InChI=1S/C27H33N3O6/c1-34-19-8-5-17(6-9-19)28-27(33)29-18-7-10-23-21(13-18)22-14-20(35-24(16-31)26(22)36-23)15-25(32)30-11-3-2-4-12-30/h5-10,13,20,22,24,26,31H,2-4,11-12,14-16H2,1H3,(H2,28,29,33)/t20-,22+,24+,26-/m0/s1. The van der Waals surface area contributed by atoms with Crippen LogP contribution in [-0.2, 0) is 9.53 Å². The fourth-order valence-corrected chi connectivity index (χ4v) is 5.40. The lowest BCUT2D eigenvalue weighted by Crippen LogP contribution is -2.48. The van der Waals surface area contributed by atoms with Gasteiger partial charge in [-0.05, 0) is 68.1 Å². The topological polar surface area (TPSA) is 109 Å². The summed E-state index contributed by atoms with van der Waals surface area (Å²) < 4.78 is 17.4. The molecule has 192 valence electrons. The molecule has 3 aliphatic heterocycles. The first-order valence-corrected chi connectivity index (χ1v) is 12.6. The highest BCUT2D eigenvalue weighted by atomic mass is 16.6. The van der Waals surface area contributed by atoms with E-state index < -0.39 is 6.10 Å². The summed E-state index contributed by atoms with van der Waals surface area (Å²) in [5.74, 6) is 1.51. The summed E-state index contributed by atoms with van der Waals surface area (Å²) in [6.07, 6.45) is 3.06. The molecule has 3 N–H and O–H groups in total. The third-order valence-corrected chi connectivity index (χ3v) is 7.22. The van der Waals surface area contributed by atoms with Gasteiger partial charge in [-0.1, -0.05) is 0 Å². The predicted octanol–water partition coefficient (Wildman–Crippen LogP) is 3.74. The lowest BCUT2D eigenvalue weighted by Gasteiger charge is -2.38. The maximum absolute atomic E-state index is 12.9. The van der Waals surface area contributed by atoms with Gasteiger partial charge in [-0.15, -0.1) is 0 Å². The van der Waals surface area contributed by atoms with Crippen LogP contribution in [0.2, 0.25) is 0 Å². The number of carbonyl (C=O) groups excluding carboxylic acids is 2. The number of urea groups is 1. The smallest absolute Gasteiger partial charge is 0.323 e. The lowest BCUT2D eigenvalue weighted by atomic mass is 9.84. The molecular formula is C27H33N3O6. The number of hydrogen-bond donors (Lipinski definition) is 3. The minimum atomic E-state index is -0.509. The van der Waals surface area contributed by atoms with E-state index in [-0.39, 0.29) is 36.7 Å². The number of likely N-dealkylation sites (tertiary alicyclic amines) is 1. The van der Waals surface area contributed by atoms with Crippen molar-refractivity contribution in [3.63, 3.8) is 0 Å². The van der Waals surface area contributed by atoms with Gasteiger partial charge in [0.25, 0.3) is 0 Å². The summed E-state index contributed by atoms with van der Waals surface area (Å²) in [4.78, 5) is 27.3. The Morgan fingerprint density at radius 1 is 1.06 bits per heavy atom. The summed E-state index contributed by atoms with van der Waals surface area (Å²) in [7, 11) is 1.59. The molecule has 0 spiro atoms. The summed E-state index contributed by atoms with van der Waals surface area (Å²) >= 11 is 0. The highest BCUT2D eigenvalue weighted by Gasteiger charge is 2.46. The number of aliphatic hydroxyl groups excluding tert-OH is 1. The number of aliphatic hydroxyl groups is 1. The van der Waals surface area contributed by atoms with Gasteiger partial charge in [0.05, 0.1) is 26.2 Å². The Labute approximate surface area is 210 Å². The molecule has 2 aromatic carbocycles. The van der Waals surface area contributed by atoms with Crippen molar-refractivity contribution in [2.75, 3.05) is 37.4 Å². The van der Waals surface area contributed by atoms with E-state index in [1.54, 1.807) is 37.4 Å². The first-order valence-electron chi connectivity index (χ1n) is 12.6. The van der Waals surface area contributed by atoms with Crippen molar-refractivity contribution in [3.05, 3.63) is 48.0 Å². The Bertz CT molecular complexity index is 1090. The number of fused-ring (bicyclic) bond motifs is 3. The van der Waals surface area contributed by atoms with Crippen molar-refractivity contribution in [2.24, 2.45) is 0 Å². The van der Waals surface area contributed by atoms with Crippen molar-refractivity contribution in [2.45, 2.75) is 56.3 Å². The van der Waals surface area contributed by atoms with Crippen molar-refractivity contribution in [1.29, 1.82) is 0 Å². The third-order valence-electron chi connectivity index (χ3n) is 7.22. The van der Waals surface area contributed by atoms with Crippen LogP contribution in [-0.4, -0.2) is 67.1 Å². The number of ether oxygens (including phenoxy) is 3. The molecule has 2 saturated heterocycles. The van der Waals surface area contributed by atoms with E-state index in [1.165, 1.54) is 6.42 Å². The minimum Gasteiger partial charge on any atom is -0.497 e. The fraction of sp³-hybridized carbons (Fsp3) is 0.481. The normalized spacial score (nSPS) is 24.8. The van der Waals surface area contributed by atoms with E-state index in [9.17, 15) is 14.7 Å². The SMILES string of the molecule is COc1ccc(NC(=O)Nc2ccc3c(c2)[C@H]2C[C@@H](CC(=O)N4CCCCC4)O[C@H](CO)[C@H]2O3)cc1. The molecule has 0 aliphatic carbocycles. The molecule has 2 aromatic rings. The Morgan fingerprint density at radius 2 is 1.78 bits per heavy atom. The van der Waals surface area contributed by atoms with Gasteiger partial charge in [0.2, 0.25) is 5.91 Å². The zero-order valence-corrected chi connectivity index (χ0v) is 20.4. The maximum atomic E-state index is 12.9. The second-order valence-corrected chi connectivity index (χ2v) is 9.61. The number of methoxy groups -OCH3 is 1. The molecule has 0 radical (unpaired) electrons. The number of hydrogen-bond acceptors (Lipinski definition) is 6. The van der Waals surface area contributed by atoms with Gasteiger partial charge >= 0.3 is 6.03 Å². The first-order chi connectivity index (χ1) is 17.5. The lowest BCUT2D eigenvalue weighted by molar-refractivity contribution is -0.149. The number of piperidine rings is 1. The number of amides is 3. The van der Waals surface area contributed by atoms with E-state index in [0.29, 0.717) is 30.0 Å². The van der Waals surface area contributed by atoms with Gasteiger partial charge in [0.15, 0.2) is 0 Å². The quantitative estimate of drug-likeness (QED) is 0.563. The molecular weight excluding hydrogens is 462 g/mol. The molecule has 2 fully saturated rings. The Hall–Kier alpha value is -3.30. The number of carbonyl (C=O) groups is 2. The number of rotatable bonds is 6. The Balaban J connectivity index is 1.26. The summed E-state index contributed by atoms with van der Waals surface area (Å²) in [6, 6.07) is 12.3. The van der Waals surface area contributed by atoms with Crippen LogP contribution in [0.25, 0.3) is 0 Å². The first kappa shape index (κ1) is 24.4. The van der Waals surface area contributed by atoms with Crippen LogP contribution in [0.1, 0.15) is 43.6 Å². The minimum absolute atomic E-state index is 0.0311. The van der Waals surface area contributed by atoms with Crippen molar-refractivity contribution < 1.29 is 28.9 Å². The molecule has 9 heteroatoms. The van der Waals surface area contributed by atoms with Crippen LogP contribution >= 0.6 is 0 Å². The van der Waals surface area contributed by atoms with Crippen LogP contribution in [0.15, 0.2) is 42.5 Å². The zero-order valence-electron chi connectivity index (χ0n) is 20.4. The highest BCUT2D eigenvalue weighted by Crippen LogP contribution is 2.47. The van der Waals surface area contributed by atoms with Gasteiger partial charge < -0.3 is 34.9 Å². The monoisotopic (exact) mass is 495 g/mol. The van der Waals surface area contributed by atoms with Crippen LogP contribution < -0.4 is 20.1 Å². The van der Waals surface area contributed by atoms with E-state index in [0.717, 1.165) is 37.2 Å². The van der Waals surface area contributed by atoms with Gasteiger partial charge in [0.1, 0.15) is 23.7 Å². The molecule has 0 bridgehead atoms. The molecule has 9 nitrogen and oxygen atoms in total. The number of nitrogens with one attached hydrogen (secondary N) is 2. The number of benzene rings is 2. The Morgan fingerprint density at radius 3 is 2.50 bits per heavy atom. The van der Waals surface area contributed by atoms with E-state index in [1.807, 2.05) is 17.0 Å². The molecule has 3 amide bonds. The summed E-state index contributed by atoms with van der Waals surface area (Å²) in [5.41, 5.74) is 2.24. The predicted molar refractivity (Wildman–Crippen MR) is 135 cm³/mol. The molecule has 3 heterocycles. The fourth-order valence-electron chi connectivity index (χ4n) is 5.40. The molecule has 5 rings (SSSR count). The second kappa shape index (κ2) is 10.8. The van der Waals surface area contributed by atoms with Gasteiger partial charge in [-0.25, -0.2) is 4.79 Å². The molecule has 0 saturated carbocycles. The molecule has 3 aliphatic rings. The summed E-state index contributed by atoms with van der Waals surface area (Å²) in [5, 5.41) is 15.7. The van der Waals surface area contributed by atoms with Crippen LogP contribution in [0.3, 0.4) is 0 Å². The largest absolute Gasteiger partial charge is 0.497 e. The van der Waals surface area contributed by atoms with Crippen LogP contribution in [0.5, 0.6) is 11.5 Å². The average molecular weight is 496 g/mol. The van der Waals surface area contributed by atoms with Crippen LogP contribution in [0, 0.1) is 0 Å². The Kier molecular flexibility index (Phi) is 7.29. The molecule has 0 unspecified atom stereocenters. The van der Waals surface area contributed by atoms with E-state index in [2.05, 4.69) is 10.6 Å². The average Bonchev–Trinajstić information content (AvgIpc) is 3.27. The van der Waals surface area contributed by atoms with E-state index >= 15 is 0 Å². The van der Waals surface area contributed by atoms with Crippen molar-refractivity contribution in [3.8, 4) is 11.5 Å². The number of anilines is 2. The highest BCUT2D eigenvalue weighted by molar-refractivity contribution is 5.99. The van der Waals surface area contributed by atoms with Crippen molar-refractivity contribution >= 4 is 23.3 Å². The van der Waals surface area contributed by atoms with Crippen molar-refractivity contribution in [1.82, 2.24) is 4.90 Å². The van der Waals surface area contributed by atoms with Gasteiger partial charge in [0, 0.05) is 35.9 Å². The van der Waals surface area contributed by atoms with Gasteiger partial charge in [-0.2, -0.15) is 0 Å². The molecule has 0 aromatic heterocycles. The van der Waals surface area contributed by atoms with Crippen LogP contribution in [0.4, 0.5) is 16.2 Å². The second-order valence-electron chi connectivity index (χ2n) is 9.61. The summed E-state index contributed by atoms with van der Waals surface area (Å²) in [6.45, 7) is 1.43. The number of nitrogens with zero attached hydrogens (tertiary/aromatic N) is 1.